The second-order valence-corrected chi connectivity index (χ2v) is 8.42. The molecule has 0 bridgehead atoms. The summed E-state index contributed by atoms with van der Waals surface area (Å²) < 4.78 is 31.7. The highest BCUT2D eigenvalue weighted by Gasteiger charge is 2.21. The van der Waals surface area contributed by atoms with Crippen molar-refractivity contribution >= 4 is 32.5 Å². The summed E-state index contributed by atoms with van der Waals surface area (Å²) in [6.45, 7) is 4.28. The number of ether oxygens (including phenoxy) is 1. The summed E-state index contributed by atoms with van der Waals surface area (Å²) in [6.07, 6.45) is 1.34. The van der Waals surface area contributed by atoms with Gasteiger partial charge in [0, 0.05) is 25.0 Å². The zero-order chi connectivity index (χ0) is 21.9. The van der Waals surface area contributed by atoms with Crippen LogP contribution < -0.4 is 15.5 Å². The normalized spacial score (nSPS) is 11.6. The van der Waals surface area contributed by atoms with Crippen molar-refractivity contribution in [2.24, 2.45) is 0 Å². The van der Waals surface area contributed by atoms with E-state index in [1.807, 2.05) is 0 Å². The highest BCUT2D eigenvalue weighted by Crippen LogP contribution is 2.22. The highest BCUT2D eigenvalue weighted by atomic mass is 32.2. The summed E-state index contributed by atoms with van der Waals surface area (Å²) in [4.78, 5) is 28.4. The van der Waals surface area contributed by atoms with Crippen molar-refractivity contribution in [3.05, 3.63) is 64.4 Å². The largest absolute Gasteiger partial charge is 0.495 e. The van der Waals surface area contributed by atoms with Crippen molar-refractivity contribution < 1.29 is 17.9 Å². The van der Waals surface area contributed by atoms with Gasteiger partial charge in [-0.2, -0.15) is 4.31 Å². The van der Waals surface area contributed by atoms with E-state index >= 15 is 0 Å². The topological polar surface area (TPSA) is 109 Å². The Kier molecular flexibility index (Phi) is 6.23. The van der Waals surface area contributed by atoms with Gasteiger partial charge < -0.3 is 15.0 Å². The Morgan fingerprint density at radius 1 is 1.10 bits per heavy atom. The van der Waals surface area contributed by atoms with Crippen molar-refractivity contribution in [3.8, 4) is 5.75 Å². The molecule has 1 amide bonds. The molecule has 3 rings (SSSR count). The van der Waals surface area contributed by atoms with E-state index < -0.39 is 21.4 Å². The fourth-order valence-corrected chi connectivity index (χ4v) is 4.64. The number of rotatable bonds is 7. The molecule has 0 atom stereocenters. The number of carbonyl (C=O) groups is 1. The highest BCUT2D eigenvalue weighted by molar-refractivity contribution is 7.89. The van der Waals surface area contributed by atoms with Gasteiger partial charge in [0.05, 0.1) is 22.9 Å². The molecule has 0 saturated heterocycles. The minimum atomic E-state index is -3.58. The Bertz CT molecular complexity index is 1230. The third-order valence-corrected chi connectivity index (χ3v) is 6.86. The molecule has 0 radical (unpaired) electrons. The molecule has 2 N–H and O–H groups in total. The lowest BCUT2D eigenvalue weighted by Gasteiger charge is -2.18. The Balaban J connectivity index is 1.87. The first kappa shape index (κ1) is 21.5. The molecule has 9 heteroatoms. The number of aromatic nitrogens is 1. The predicted octanol–water partition coefficient (Wildman–Crippen LogP) is 2.82. The molecular weight excluding hydrogens is 406 g/mol. The van der Waals surface area contributed by atoms with Gasteiger partial charge in [-0.25, -0.2) is 8.42 Å². The maximum Gasteiger partial charge on any atom is 0.261 e. The fraction of sp³-hybridized carbons (Fsp3) is 0.238. The minimum absolute atomic E-state index is 0.0596. The van der Waals surface area contributed by atoms with Crippen LogP contribution in [0.15, 0.2) is 58.4 Å². The first-order valence-corrected chi connectivity index (χ1v) is 10.9. The number of hydrogen-bond donors (Lipinski definition) is 2. The third kappa shape index (κ3) is 3.94. The number of H-pyrrole nitrogens is 1. The first-order chi connectivity index (χ1) is 14.3. The van der Waals surface area contributed by atoms with Gasteiger partial charge in [-0.15, -0.1) is 0 Å². The number of sulfonamides is 1. The van der Waals surface area contributed by atoms with Gasteiger partial charge in [-0.3, -0.25) is 9.59 Å². The van der Waals surface area contributed by atoms with E-state index in [4.69, 9.17) is 4.74 Å². The van der Waals surface area contributed by atoms with Gasteiger partial charge in [-0.1, -0.05) is 19.9 Å². The van der Waals surface area contributed by atoms with Gasteiger partial charge in [0.1, 0.15) is 11.3 Å². The monoisotopic (exact) mass is 429 g/mol. The molecule has 0 saturated carbocycles. The molecule has 158 valence electrons. The SMILES string of the molecule is CCN(CC)S(=O)(=O)c1ccc(NC(=O)c2c[nH]c3c(OC)cccc3c2=O)cc1. The Morgan fingerprint density at radius 2 is 1.77 bits per heavy atom. The molecule has 0 aliphatic carbocycles. The van der Waals surface area contributed by atoms with Crippen molar-refractivity contribution in [1.29, 1.82) is 0 Å². The van der Waals surface area contributed by atoms with Gasteiger partial charge in [0.2, 0.25) is 15.5 Å². The van der Waals surface area contributed by atoms with Crippen LogP contribution in [0.25, 0.3) is 10.9 Å². The number of amides is 1. The molecule has 3 aromatic rings. The van der Waals surface area contributed by atoms with Crippen LogP contribution in [0.3, 0.4) is 0 Å². The zero-order valence-electron chi connectivity index (χ0n) is 16.9. The summed E-state index contributed by atoms with van der Waals surface area (Å²) in [6, 6.07) is 10.8. The number of pyridine rings is 1. The van der Waals surface area contributed by atoms with Crippen LogP contribution in [0.1, 0.15) is 24.2 Å². The summed E-state index contributed by atoms with van der Waals surface area (Å²) in [5.41, 5.74) is 0.396. The molecule has 0 aliphatic rings. The van der Waals surface area contributed by atoms with Crippen LogP contribution in [0.5, 0.6) is 5.75 Å². The Labute approximate surface area is 174 Å². The predicted molar refractivity (Wildman–Crippen MR) is 116 cm³/mol. The van der Waals surface area contributed by atoms with Gasteiger partial charge in [0.15, 0.2) is 0 Å². The van der Waals surface area contributed by atoms with Crippen LogP contribution in [-0.2, 0) is 10.0 Å². The Hall–Kier alpha value is -3.17. The number of aromatic amines is 1. The average molecular weight is 429 g/mol. The lowest BCUT2D eigenvalue weighted by molar-refractivity contribution is 0.102. The maximum absolute atomic E-state index is 12.7. The van der Waals surface area contributed by atoms with Gasteiger partial charge >= 0.3 is 0 Å². The molecule has 0 fully saturated rings. The van der Waals surface area contributed by atoms with Gasteiger partial charge in [-0.05, 0) is 36.4 Å². The van der Waals surface area contributed by atoms with E-state index in [1.54, 1.807) is 32.0 Å². The smallest absolute Gasteiger partial charge is 0.261 e. The molecule has 30 heavy (non-hydrogen) atoms. The number of para-hydroxylation sites is 1. The number of fused-ring (bicyclic) bond motifs is 1. The standard InChI is InChI=1S/C21H23N3O5S/c1-4-24(5-2)30(27,28)15-11-9-14(10-12-15)23-21(26)17-13-22-19-16(20(17)25)7-6-8-18(19)29-3/h6-13H,4-5H2,1-3H3,(H,22,25)(H,23,26). The van der Waals surface area contributed by atoms with E-state index in [0.29, 0.717) is 35.4 Å². The number of methoxy groups -OCH3 is 1. The molecular formula is C21H23N3O5S. The number of carbonyl (C=O) groups excluding carboxylic acids is 1. The Morgan fingerprint density at radius 3 is 2.37 bits per heavy atom. The van der Waals surface area contributed by atoms with E-state index in [-0.39, 0.29) is 10.5 Å². The van der Waals surface area contributed by atoms with Crippen LogP contribution in [0.2, 0.25) is 0 Å². The number of nitrogens with one attached hydrogen (secondary N) is 2. The van der Waals surface area contributed by atoms with Crippen LogP contribution in [0, 0.1) is 0 Å². The molecule has 8 nitrogen and oxygen atoms in total. The molecule has 0 aliphatic heterocycles. The maximum atomic E-state index is 12.7. The molecule has 2 aromatic carbocycles. The minimum Gasteiger partial charge on any atom is -0.495 e. The number of nitrogens with zero attached hydrogens (tertiary/aromatic N) is 1. The summed E-state index contributed by atoms with van der Waals surface area (Å²) in [5.74, 6) is -0.0955. The second-order valence-electron chi connectivity index (χ2n) is 6.48. The third-order valence-electron chi connectivity index (χ3n) is 4.80. The fourth-order valence-electron chi connectivity index (χ4n) is 3.18. The first-order valence-electron chi connectivity index (χ1n) is 9.43. The lowest BCUT2D eigenvalue weighted by atomic mass is 10.1. The quantitative estimate of drug-likeness (QED) is 0.600. The summed E-state index contributed by atoms with van der Waals surface area (Å²) in [5, 5.41) is 2.97. The van der Waals surface area contributed by atoms with Crippen molar-refractivity contribution in [2.45, 2.75) is 18.7 Å². The average Bonchev–Trinajstić information content (AvgIpc) is 2.74. The molecule has 0 unspecified atom stereocenters. The van der Waals surface area contributed by atoms with E-state index in [2.05, 4.69) is 10.3 Å². The van der Waals surface area contributed by atoms with Crippen molar-refractivity contribution in [3.63, 3.8) is 0 Å². The summed E-state index contributed by atoms with van der Waals surface area (Å²) >= 11 is 0. The van der Waals surface area contributed by atoms with Gasteiger partial charge in [0.25, 0.3) is 5.91 Å². The molecule has 1 heterocycles. The number of anilines is 1. The van der Waals surface area contributed by atoms with Crippen molar-refractivity contribution in [1.82, 2.24) is 9.29 Å². The van der Waals surface area contributed by atoms with Crippen LogP contribution in [-0.4, -0.2) is 43.8 Å². The molecule has 1 aromatic heterocycles. The number of benzene rings is 2. The lowest BCUT2D eigenvalue weighted by Crippen LogP contribution is -2.30. The van der Waals surface area contributed by atoms with E-state index in [9.17, 15) is 18.0 Å². The van der Waals surface area contributed by atoms with Crippen LogP contribution >= 0.6 is 0 Å². The number of hydrogen-bond acceptors (Lipinski definition) is 5. The summed E-state index contributed by atoms with van der Waals surface area (Å²) in [7, 11) is -2.08. The zero-order valence-corrected chi connectivity index (χ0v) is 17.7. The molecule has 0 spiro atoms. The van der Waals surface area contributed by atoms with Crippen LogP contribution in [0.4, 0.5) is 5.69 Å². The van der Waals surface area contributed by atoms with Crippen molar-refractivity contribution in [2.75, 3.05) is 25.5 Å². The van der Waals surface area contributed by atoms with E-state index in [0.717, 1.165) is 0 Å². The van der Waals surface area contributed by atoms with E-state index in [1.165, 1.54) is 41.9 Å². The second kappa shape index (κ2) is 8.68.